The second-order valence-corrected chi connectivity index (χ2v) is 12.5. The molecule has 2 aromatic carbocycles. The van der Waals surface area contributed by atoms with Crippen LogP contribution < -0.4 is 0 Å². The molecule has 2 atom stereocenters. The van der Waals surface area contributed by atoms with Gasteiger partial charge < -0.3 is 0 Å². The van der Waals surface area contributed by atoms with Crippen LogP contribution in [-0.4, -0.2) is 0 Å². The molecule has 186 valence electrons. The maximum absolute atomic E-state index is 5.99. The highest BCUT2D eigenvalue weighted by molar-refractivity contribution is 5.67. The van der Waals surface area contributed by atoms with Crippen LogP contribution >= 0.6 is 0 Å². The maximum Gasteiger partial charge on any atom is 0.0561 e. The van der Waals surface area contributed by atoms with Gasteiger partial charge in [-0.05, 0) is 90.3 Å². The molecule has 36 heavy (non-hydrogen) atoms. The lowest BCUT2D eigenvalue weighted by atomic mass is 9.80. The van der Waals surface area contributed by atoms with Gasteiger partial charge in [0.05, 0.1) is 5.41 Å². The third-order valence-electron chi connectivity index (χ3n) is 7.78. The summed E-state index contributed by atoms with van der Waals surface area (Å²) in [5, 5.41) is 0. The fourth-order valence-electron chi connectivity index (χ4n) is 5.61. The largest absolute Gasteiger partial charge is 0.119 e. The summed E-state index contributed by atoms with van der Waals surface area (Å²) in [7, 11) is 0. The number of benzene rings is 2. The topological polar surface area (TPSA) is 0 Å². The molecule has 0 radical (unpaired) electrons. The Morgan fingerprint density at radius 2 is 1.75 bits per heavy atom. The van der Waals surface area contributed by atoms with Crippen LogP contribution in [0.25, 0.3) is 11.1 Å². The van der Waals surface area contributed by atoms with Gasteiger partial charge in [0.15, 0.2) is 0 Å². The Hall–Kier alpha value is -3.04. The molecule has 0 nitrogen and oxygen atoms in total. The average Bonchev–Trinajstić information content (AvgIpc) is 3.52. The van der Waals surface area contributed by atoms with Gasteiger partial charge in [0.25, 0.3) is 0 Å². The van der Waals surface area contributed by atoms with Crippen LogP contribution in [0.5, 0.6) is 0 Å². The lowest BCUT2D eigenvalue weighted by molar-refractivity contribution is 0.411. The van der Waals surface area contributed by atoms with E-state index in [2.05, 4.69) is 115 Å². The standard InChI is InChI=1S/C36H42/c1-10-36(15-16-36)32-21-28(23-35(7,8)9)20-31(22-32)26(5)19-27(6)33-17-25(4)18-34(33)30-13-11-29(12-14-30)24(2)3/h1,11-14,17-18,20-22,27,34H,2,5,15-16,19,23H2,3-4,6-9H3/t27-,34?/m1/s1. The molecular formula is C36H42. The van der Waals surface area contributed by atoms with Crippen molar-refractivity contribution < 1.29 is 0 Å². The zero-order valence-corrected chi connectivity index (χ0v) is 23.2. The highest BCUT2D eigenvalue weighted by Crippen LogP contribution is 2.49. The zero-order valence-electron chi connectivity index (χ0n) is 23.2. The predicted molar refractivity (Wildman–Crippen MR) is 158 cm³/mol. The van der Waals surface area contributed by atoms with Gasteiger partial charge >= 0.3 is 0 Å². The summed E-state index contributed by atoms with van der Waals surface area (Å²) in [6.45, 7) is 22.2. The summed E-state index contributed by atoms with van der Waals surface area (Å²) in [6.07, 6.45) is 14.9. The third-order valence-corrected chi connectivity index (χ3v) is 7.78. The molecule has 2 aromatic rings. The molecule has 0 saturated heterocycles. The summed E-state index contributed by atoms with van der Waals surface area (Å²) >= 11 is 0. The van der Waals surface area contributed by atoms with Crippen molar-refractivity contribution in [3.8, 4) is 12.3 Å². The lowest BCUT2D eigenvalue weighted by Gasteiger charge is -2.24. The van der Waals surface area contributed by atoms with Crippen LogP contribution in [0, 0.1) is 23.7 Å². The number of hydrogen-bond donors (Lipinski definition) is 0. The fraction of sp³-hybridized carbons (Fsp3) is 0.389. The normalized spacial score (nSPS) is 19.2. The zero-order chi connectivity index (χ0) is 26.3. The SMILES string of the molecule is C#CC1(c2cc(CC(C)(C)C)cc(C(=C)C[C@@H](C)C3=CC(C)=CC3c3ccc(C(=C)C)cc3)c2)CC1. The number of hydrogen-bond acceptors (Lipinski definition) is 0. The Labute approximate surface area is 219 Å². The van der Waals surface area contributed by atoms with Gasteiger partial charge in [0, 0.05) is 5.92 Å². The van der Waals surface area contributed by atoms with Crippen LogP contribution in [0.3, 0.4) is 0 Å². The van der Waals surface area contributed by atoms with E-state index in [-0.39, 0.29) is 10.8 Å². The second-order valence-electron chi connectivity index (χ2n) is 12.5. The number of allylic oxidation sites excluding steroid dienone is 6. The first kappa shape index (κ1) is 26.0. The van der Waals surface area contributed by atoms with Gasteiger partial charge in [0.2, 0.25) is 0 Å². The molecule has 0 heteroatoms. The van der Waals surface area contributed by atoms with Crippen molar-refractivity contribution in [1.82, 2.24) is 0 Å². The van der Waals surface area contributed by atoms with Gasteiger partial charge in [-0.25, -0.2) is 0 Å². The Bertz CT molecular complexity index is 1270. The van der Waals surface area contributed by atoms with E-state index in [1.807, 2.05) is 0 Å². The minimum Gasteiger partial charge on any atom is -0.119 e. The molecule has 0 aliphatic heterocycles. The summed E-state index contributed by atoms with van der Waals surface area (Å²) in [5.74, 6) is 3.82. The van der Waals surface area contributed by atoms with E-state index in [0.717, 1.165) is 31.3 Å². The molecule has 0 N–H and O–H groups in total. The molecule has 1 unspecified atom stereocenters. The van der Waals surface area contributed by atoms with Crippen molar-refractivity contribution in [3.05, 3.63) is 107 Å². The first-order valence-electron chi connectivity index (χ1n) is 13.4. The molecule has 0 heterocycles. The highest BCUT2D eigenvalue weighted by atomic mass is 14.4. The van der Waals surface area contributed by atoms with E-state index in [4.69, 9.17) is 6.42 Å². The first-order chi connectivity index (χ1) is 16.9. The molecule has 4 rings (SSSR count). The summed E-state index contributed by atoms with van der Waals surface area (Å²) in [4.78, 5) is 0. The molecule has 0 amide bonds. The monoisotopic (exact) mass is 474 g/mol. The van der Waals surface area contributed by atoms with Crippen LogP contribution in [0.4, 0.5) is 0 Å². The van der Waals surface area contributed by atoms with Crippen LogP contribution in [0.15, 0.2) is 78.9 Å². The Morgan fingerprint density at radius 1 is 1.08 bits per heavy atom. The molecule has 0 spiro atoms. The van der Waals surface area contributed by atoms with E-state index in [9.17, 15) is 0 Å². The van der Waals surface area contributed by atoms with E-state index >= 15 is 0 Å². The molecule has 0 aromatic heterocycles. The maximum atomic E-state index is 5.99. The van der Waals surface area contributed by atoms with Gasteiger partial charge in [-0.2, -0.15) is 0 Å². The van der Waals surface area contributed by atoms with E-state index in [1.165, 1.54) is 44.5 Å². The molecule has 2 aliphatic rings. The van der Waals surface area contributed by atoms with E-state index in [0.29, 0.717) is 11.8 Å². The van der Waals surface area contributed by atoms with E-state index in [1.54, 1.807) is 0 Å². The Balaban J connectivity index is 1.58. The van der Waals surface area contributed by atoms with Gasteiger partial charge in [0.1, 0.15) is 0 Å². The van der Waals surface area contributed by atoms with Crippen molar-refractivity contribution in [1.29, 1.82) is 0 Å². The van der Waals surface area contributed by atoms with Crippen molar-refractivity contribution >= 4 is 11.1 Å². The van der Waals surface area contributed by atoms with Gasteiger partial charge in [-0.3, -0.25) is 0 Å². The third kappa shape index (κ3) is 5.68. The summed E-state index contributed by atoms with van der Waals surface area (Å²) in [6, 6.07) is 16.0. The van der Waals surface area contributed by atoms with Crippen molar-refractivity contribution in [2.45, 2.75) is 78.6 Å². The molecule has 1 fully saturated rings. The average molecular weight is 475 g/mol. The smallest absolute Gasteiger partial charge is 0.0561 e. The molecule has 2 aliphatic carbocycles. The van der Waals surface area contributed by atoms with Crippen molar-refractivity contribution in [2.75, 3.05) is 0 Å². The minimum atomic E-state index is -0.0649. The molecule has 0 bridgehead atoms. The van der Waals surface area contributed by atoms with Gasteiger partial charge in [-0.1, -0.05) is 112 Å². The first-order valence-corrected chi connectivity index (χ1v) is 13.4. The lowest BCUT2D eigenvalue weighted by Crippen LogP contribution is -2.12. The van der Waals surface area contributed by atoms with Crippen LogP contribution in [0.2, 0.25) is 0 Å². The van der Waals surface area contributed by atoms with Crippen molar-refractivity contribution in [2.24, 2.45) is 11.3 Å². The van der Waals surface area contributed by atoms with Crippen molar-refractivity contribution in [3.63, 3.8) is 0 Å². The molecule has 1 saturated carbocycles. The summed E-state index contributed by atoms with van der Waals surface area (Å²) < 4.78 is 0. The minimum absolute atomic E-state index is 0.0649. The van der Waals surface area contributed by atoms with Gasteiger partial charge in [-0.15, -0.1) is 6.42 Å². The quantitative estimate of drug-likeness (QED) is 0.334. The predicted octanol–water partition coefficient (Wildman–Crippen LogP) is 9.68. The Kier molecular flexibility index (Phi) is 7.07. The molecular weight excluding hydrogens is 432 g/mol. The summed E-state index contributed by atoms with van der Waals surface area (Å²) in [5.41, 5.74) is 11.8. The number of terminal acetylenes is 1. The Morgan fingerprint density at radius 3 is 2.31 bits per heavy atom. The fourth-order valence-corrected chi connectivity index (χ4v) is 5.61. The van der Waals surface area contributed by atoms with Crippen LogP contribution in [-0.2, 0) is 11.8 Å². The highest BCUT2D eigenvalue weighted by Gasteiger charge is 2.43. The van der Waals surface area contributed by atoms with E-state index < -0.39 is 0 Å². The van der Waals surface area contributed by atoms with Crippen LogP contribution in [0.1, 0.15) is 94.5 Å². The number of rotatable bonds is 8. The second kappa shape index (κ2) is 9.78.